The highest BCUT2D eigenvalue weighted by Crippen LogP contribution is 2.28. The van der Waals surface area contributed by atoms with Gasteiger partial charge < -0.3 is 21.5 Å². The van der Waals surface area contributed by atoms with Gasteiger partial charge in [0.25, 0.3) is 5.91 Å². The topological polar surface area (TPSA) is 122 Å². The molecule has 0 unspecified atom stereocenters. The Labute approximate surface area is 195 Å². The molecule has 0 aromatic carbocycles. The summed E-state index contributed by atoms with van der Waals surface area (Å²) in [4.78, 5) is 21.5. The minimum Gasteiger partial charge on any atom is -0.475 e. The van der Waals surface area contributed by atoms with Crippen LogP contribution in [-0.4, -0.2) is 44.9 Å². The minimum absolute atomic E-state index is 0.134. The monoisotopic (exact) mass is 503 g/mol. The Kier molecular flexibility index (Phi) is 7.82. The van der Waals surface area contributed by atoms with Crippen LogP contribution in [0.15, 0.2) is 35.7 Å². The van der Waals surface area contributed by atoms with Crippen LogP contribution in [0.5, 0.6) is 0 Å². The van der Waals surface area contributed by atoms with Gasteiger partial charge in [-0.2, -0.15) is 13.2 Å². The van der Waals surface area contributed by atoms with Crippen LogP contribution >= 0.6 is 22.9 Å². The molecule has 1 saturated carbocycles. The van der Waals surface area contributed by atoms with Gasteiger partial charge in [0, 0.05) is 12.1 Å². The molecule has 1 amide bonds. The van der Waals surface area contributed by atoms with Crippen molar-refractivity contribution in [3.05, 3.63) is 45.7 Å². The lowest BCUT2D eigenvalue weighted by Gasteiger charge is -2.29. The number of carbonyl (C=O) groups excluding carboxylic acids is 1. The van der Waals surface area contributed by atoms with Crippen molar-refractivity contribution in [3.8, 4) is 0 Å². The highest BCUT2D eigenvalue weighted by atomic mass is 35.5. The second-order valence-electron chi connectivity index (χ2n) is 7.34. The fourth-order valence-electron chi connectivity index (χ4n) is 3.33. The van der Waals surface area contributed by atoms with Gasteiger partial charge in [-0.3, -0.25) is 4.79 Å². The van der Waals surface area contributed by atoms with E-state index >= 15 is 0 Å². The van der Waals surface area contributed by atoms with Gasteiger partial charge in [-0.1, -0.05) is 24.4 Å². The lowest BCUT2D eigenvalue weighted by atomic mass is 9.91. The van der Waals surface area contributed by atoms with Crippen LogP contribution in [0.2, 0.25) is 4.34 Å². The minimum atomic E-state index is -5.08. The predicted octanol–water partition coefficient (Wildman–Crippen LogP) is 4.62. The van der Waals surface area contributed by atoms with Gasteiger partial charge in [0.2, 0.25) is 0 Å². The molecular weight excluding hydrogens is 483 g/mol. The molecule has 1 fully saturated rings. The molecule has 33 heavy (non-hydrogen) atoms. The predicted molar refractivity (Wildman–Crippen MR) is 120 cm³/mol. The zero-order valence-corrected chi connectivity index (χ0v) is 18.7. The van der Waals surface area contributed by atoms with Crippen molar-refractivity contribution in [3.63, 3.8) is 0 Å². The molecule has 5 N–H and O–H groups in total. The van der Waals surface area contributed by atoms with Crippen molar-refractivity contribution < 1.29 is 27.9 Å². The standard InChI is InChI=1S/C18H20ClN5OS.C2HF3O2/c19-17-14(9-10-26-17)22-18(25)15-7-5-11-6-8-16(23-24(11)15)21-13-4-2-1-3-12(13)20;3-2(4,5)1(6)7/h5-10,12-13H,1-4,20H2,(H,21,23)(H,22,25);(H,6,7)/t12-,13+;/m0./s1. The van der Waals surface area contributed by atoms with Gasteiger partial charge in [0.1, 0.15) is 15.8 Å². The van der Waals surface area contributed by atoms with Crippen molar-refractivity contribution in [1.29, 1.82) is 0 Å². The van der Waals surface area contributed by atoms with Crippen LogP contribution in [0.4, 0.5) is 24.7 Å². The number of aliphatic carboxylic acids is 1. The first-order chi connectivity index (χ1) is 15.6. The molecule has 1 aliphatic carbocycles. The number of nitrogens with zero attached hydrogens (tertiary/aromatic N) is 2. The van der Waals surface area contributed by atoms with E-state index in [0.717, 1.165) is 24.2 Å². The summed E-state index contributed by atoms with van der Waals surface area (Å²) in [6.07, 6.45) is -0.667. The van der Waals surface area contributed by atoms with E-state index in [4.69, 9.17) is 27.2 Å². The third-order valence-corrected chi connectivity index (χ3v) is 6.17. The van der Waals surface area contributed by atoms with Crippen molar-refractivity contribution in [1.82, 2.24) is 9.61 Å². The molecule has 3 aromatic rings. The van der Waals surface area contributed by atoms with E-state index in [1.807, 2.05) is 23.6 Å². The fraction of sp³-hybridized carbons (Fsp3) is 0.350. The first-order valence-corrected chi connectivity index (χ1v) is 11.2. The molecule has 2 atom stereocenters. The lowest BCUT2D eigenvalue weighted by Crippen LogP contribution is -2.42. The summed E-state index contributed by atoms with van der Waals surface area (Å²) >= 11 is 7.45. The Morgan fingerprint density at radius 3 is 2.45 bits per heavy atom. The number of hydrogen-bond acceptors (Lipinski definition) is 6. The van der Waals surface area contributed by atoms with Crippen LogP contribution in [0, 0.1) is 0 Å². The van der Waals surface area contributed by atoms with Gasteiger partial charge in [0.15, 0.2) is 0 Å². The maximum Gasteiger partial charge on any atom is 0.490 e. The summed E-state index contributed by atoms with van der Waals surface area (Å²) in [6, 6.07) is 9.62. The number of carboxylic acids is 1. The van der Waals surface area contributed by atoms with E-state index in [1.165, 1.54) is 24.2 Å². The van der Waals surface area contributed by atoms with E-state index in [-0.39, 0.29) is 18.0 Å². The number of hydrogen-bond donors (Lipinski definition) is 4. The highest BCUT2D eigenvalue weighted by Gasteiger charge is 2.38. The molecule has 4 rings (SSSR count). The second-order valence-corrected chi connectivity index (χ2v) is 8.86. The summed E-state index contributed by atoms with van der Waals surface area (Å²) in [6.45, 7) is 0. The summed E-state index contributed by atoms with van der Waals surface area (Å²) < 4.78 is 33.9. The van der Waals surface area contributed by atoms with Gasteiger partial charge in [-0.15, -0.1) is 16.4 Å². The molecule has 3 aromatic heterocycles. The van der Waals surface area contributed by atoms with Gasteiger partial charge in [0.05, 0.1) is 11.2 Å². The van der Waals surface area contributed by atoms with Crippen LogP contribution < -0.4 is 16.4 Å². The number of thiophene rings is 1. The number of anilines is 2. The van der Waals surface area contributed by atoms with Gasteiger partial charge in [-0.05, 0) is 48.6 Å². The second kappa shape index (κ2) is 10.4. The Balaban J connectivity index is 0.000000383. The average molecular weight is 504 g/mol. The van der Waals surface area contributed by atoms with E-state index in [0.29, 0.717) is 15.7 Å². The van der Waals surface area contributed by atoms with E-state index in [9.17, 15) is 18.0 Å². The largest absolute Gasteiger partial charge is 0.490 e. The van der Waals surface area contributed by atoms with Gasteiger partial charge >= 0.3 is 12.1 Å². The fourth-order valence-corrected chi connectivity index (χ4v) is 4.17. The summed E-state index contributed by atoms with van der Waals surface area (Å²) in [7, 11) is 0. The zero-order valence-electron chi connectivity index (χ0n) is 17.1. The molecule has 13 heteroatoms. The number of carbonyl (C=O) groups is 2. The third-order valence-electron chi connectivity index (χ3n) is 5.00. The van der Waals surface area contributed by atoms with E-state index in [1.54, 1.807) is 16.6 Å². The molecule has 0 saturated heterocycles. The van der Waals surface area contributed by atoms with E-state index < -0.39 is 12.1 Å². The highest BCUT2D eigenvalue weighted by molar-refractivity contribution is 7.15. The van der Waals surface area contributed by atoms with Crippen molar-refractivity contribution in [2.45, 2.75) is 43.9 Å². The summed E-state index contributed by atoms with van der Waals surface area (Å²) in [5, 5.41) is 19.8. The van der Waals surface area contributed by atoms with Crippen molar-refractivity contribution in [2.75, 3.05) is 10.6 Å². The first-order valence-electron chi connectivity index (χ1n) is 9.91. The molecule has 1 aliphatic rings. The average Bonchev–Trinajstić information content (AvgIpc) is 3.35. The Morgan fingerprint density at radius 2 is 1.85 bits per heavy atom. The number of nitrogens with one attached hydrogen (secondary N) is 2. The smallest absolute Gasteiger partial charge is 0.475 e. The van der Waals surface area contributed by atoms with Crippen LogP contribution in [0.3, 0.4) is 0 Å². The number of alkyl halides is 3. The summed E-state index contributed by atoms with van der Waals surface area (Å²) in [5.41, 5.74) is 8.13. The molecule has 0 aliphatic heterocycles. The number of carboxylic acid groups (broad SMARTS) is 1. The lowest BCUT2D eigenvalue weighted by molar-refractivity contribution is -0.192. The van der Waals surface area contributed by atoms with Crippen LogP contribution in [0.25, 0.3) is 5.52 Å². The quantitative estimate of drug-likeness (QED) is 0.412. The maximum absolute atomic E-state index is 12.6. The van der Waals surface area contributed by atoms with Crippen LogP contribution in [0.1, 0.15) is 36.2 Å². The number of nitrogens with two attached hydrogens (primary N) is 1. The zero-order chi connectivity index (χ0) is 24.2. The Bertz CT molecular complexity index is 1130. The molecule has 0 radical (unpaired) electrons. The van der Waals surface area contributed by atoms with Gasteiger partial charge in [-0.25, -0.2) is 9.31 Å². The number of fused-ring (bicyclic) bond motifs is 1. The van der Waals surface area contributed by atoms with E-state index in [2.05, 4.69) is 15.7 Å². The molecular formula is C20H21ClF3N5O3S. The van der Waals surface area contributed by atoms with Crippen molar-refractivity contribution >= 4 is 51.8 Å². The number of amides is 1. The van der Waals surface area contributed by atoms with Crippen LogP contribution in [-0.2, 0) is 4.79 Å². The number of rotatable bonds is 4. The Morgan fingerprint density at radius 1 is 1.18 bits per heavy atom. The summed E-state index contributed by atoms with van der Waals surface area (Å²) in [5.74, 6) is -2.28. The van der Waals surface area contributed by atoms with Crippen molar-refractivity contribution in [2.24, 2.45) is 5.73 Å². The number of aromatic nitrogens is 2. The molecule has 8 nitrogen and oxygen atoms in total. The first kappa shape index (κ1) is 24.8. The Hall–Kier alpha value is -2.83. The molecule has 3 heterocycles. The molecule has 0 bridgehead atoms. The third kappa shape index (κ3) is 6.36. The number of halogens is 4. The molecule has 178 valence electrons. The molecule has 0 spiro atoms. The SMILES string of the molecule is N[C@H]1CCCC[C@H]1Nc1ccc2ccc(C(=O)Nc3ccsc3Cl)n2n1.O=C(O)C(F)(F)F. The maximum atomic E-state index is 12.6. The normalized spacial score (nSPS) is 18.3.